The van der Waals surface area contributed by atoms with Crippen LogP contribution in [0.15, 0.2) is 34.8 Å². The number of halogens is 1. The summed E-state index contributed by atoms with van der Waals surface area (Å²) in [6.45, 7) is 3.77. The number of imidazole rings is 1. The zero-order valence-corrected chi connectivity index (χ0v) is 14.8. The van der Waals surface area contributed by atoms with Crippen LogP contribution in [0.2, 0.25) is 0 Å². The van der Waals surface area contributed by atoms with Gasteiger partial charge < -0.3 is 15.6 Å². The Morgan fingerprint density at radius 2 is 2.08 bits per heavy atom. The third-order valence-corrected chi connectivity index (χ3v) is 4.73. The van der Waals surface area contributed by atoms with Gasteiger partial charge >= 0.3 is 0 Å². The van der Waals surface area contributed by atoms with Crippen molar-refractivity contribution >= 4 is 38.6 Å². The van der Waals surface area contributed by atoms with Crippen LogP contribution in [0.4, 0.5) is 5.69 Å². The minimum atomic E-state index is -0.152. The number of rotatable bonds is 3. The molecule has 2 aromatic carbocycles. The van der Waals surface area contributed by atoms with Crippen molar-refractivity contribution in [2.45, 2.75) is 26.4 Å². The molecule has 4 rings (SSSR count). The normalized spacial score (nSPS) is 13.2. The van der Waals surface area contributed by atoms with E-state index in [-0.39, 0.29) is 5.91 Å². The number of amides is 1. The smallest absolute Gasteiger partial charge is 0.257 e. The molecule has 24 heavy (non-hydrogen) atoms. The van der Waals surface area contributed by atoms with Gasteiger partial charge in [0.05, 0.1) is 11.1 Å². The summed E-state index contributed by atoms with van der Waals surface area (Å²) in [6.07, 6.45) is 0.797. The van der Waals surface area contributed by atoms with Crippen molar-refractivity contribution < 1.29 is 4.79 Å². The van der Waals surface area contributed by atoms with E-state index in [0.29, 0.717) is 11.1 Å². The van der Waals surface area contributed by atoms with Crippen LogP contribution in [0.3, 0.4) is 0 Å². The molecule has 3 N–H and O–H groups in total. The summed E-state index contributed by atoms with van der Waals surface area (Å²) in [5, 5.41) is 6.30. The highest BCUT2D eigenvalue weighted by atomic mass is 79.9. The first-order chi connectivity index (χ1) is 11.6. The van der Waals surface area contributed by atoms with E-state index in [9.17, 15) is 4.79 Å². The second kappa shape index (κ2) is 6.03. The van der Waals surface area contributed by atoms with Gasteiger partial charge in [-0.3, -0.25) is 4.79 Å². The Kier molecular flexibility index (Phi) is 3.86. The first-order valence-corrected chi connectivity index (χ1v) is 8.75. The van der Waals surface area contributed by atoms with E-state index in [0.717, 1.165) is 41.0 Å². The first kappa shape index (κ1) is 15.4. The number of aromatic nitrogens is 2. The van der Waals surface area contributed by atoms with Crippen molar-refractivity contribution in [1.82, 2.24) is 15.3 Å². The van der Waals surface area contributed by atoms with Crippen LogP contribution >= 0.6 is 15.9 Å². The fraction of sp³-hybridized carbons (Fsp3) is 0.222. The summed E-state index contributed by atoms with van der Waals surface area (Å²) in [5.41, 5.74) is 5.47. The van der Waals surface area contributed by atoms with Crippen molar-refractivity contribution in [2.24, 2.45) is 0 Å². The molecule has 1 aliphatic rings. The number of fused-ring (bicyclic) bond motifs is 2. The van der Waals surface area contributed by atoms with Crippen LogP contribution in [0.5, 0.6) is 0 Å². The second-order valence-electron chi connectivity index (χ2n) is 5.93. The SMILES string of the molecule is CCc1nc2c(C(=O)Nc3ccc4c(c3)CNC4)cc(Br)cc2[nH]1. The summed E-state index contributed by atoms with van der Waals surface area (Å²) in [7, 11) is 0. The van der Waals surface area contributed by atoms with Crippen LogP contribution in [-0.2, 0) is 19.5 Å². The Morgan fingerprint density at radius 3 is 2.92 bits per heavy atom. The summed E-state index contributed by atoms with van der Waals surface area (Å²) in [6, 6.07) is 9.79. The number of aryl methyl sites for hydroxylation is 1. The number of carbonyl (C=O) groups is 1. The summed E-state index contributed by atoms with van der Waals surface area (Å²) >= 11 is 3.47. The quantitative estimate of drug-likeness (QED) is 0.643. The minimum Gasteiger partial charge on any atom is -0.342 e. The molecule has 1 amide bonds. The number of benzene rings is 2. The van der Waals surface area contributed by atoms with E-state index < -0.39 is 0 Å². The average molecular weight is 385 g/mol. The van der Waals surface area contributed by atoms with Crippen LogP contribution in [0, 0.1) is 0 Å². The van der Waals surface area contributed by atoms with Crippen molar-refractivity contribution in [3.8, 4) is 0 Å². The van der Waals surface area contributed by atoms with Crippen LogP contribution in [-0.4, -0.2) is 15.9 Å². The predicted molar refractivity (Wildman–Crippen MR) is 98.1 cm³/mol. The Labute approximate surface area is 148 Å². The van der Waals surface area contributed by atoms with Crippen molar-refractivity contribution in [1.29, 1.82) is 0 Å². The molecular weight excluding hydrogens is 368 g/mol. The third-order valence-electron chi connectivity index (χ3n) is 4.27. The highest BCUT2D eigenvalue weighted by Gasteiger charge is 2.16. The number of hydrogen-bond donors (Lipinski definition) is 3. The van der Waals surface area contributed by atoms with E-state index >= 15 is 0 Å². The van der Waals surface area contributed by atoms with Crippen molar-refractivity contribution in [3.63, 3.8) is 0 Å². The van der Waals surface area contributed by atoms with Gasteiger partial charge in [0.25, 0.3) is 5.91 Å². The van der Waals surface area contributed by atoms with Crippen LogP contribution < -0.4 is 10.6 Å². The van der Waals surface area contributed by atoms with Gasteiger partial charge in [-0.15, -0.1) is 0 Å². The summed E-state index contributed by atoms with van der Waals surface area (Å²) in [5.74, 6) is 0.724. The third kappa shape index (κ3) is 2.72. The van der Waals surface area contributed by atoms with Gasteiger partial charge in [0, 0.05) is 29.7 Å². The maximum atomic E-state index is 12.8. The lowest BCUT2D eigenvalue weighted by atomic mass is 10.1. The lowest BCUT2D eigenvalue weighted by Crippen LogP contribution is -2.13. The monoisotopic (exact) mass is 384 g/mol. The van der Waals surface area contributed by atoms with Crippen molar-refractivity contribution in [2.75, 3.05) is 5.32 Å². The Hall–Kier alpha value is -2.18. The zero-order chi connectivity index (χ0) is 16.7. The lowest BCUT2D eigenvalue weighted by Gasteiger charge is -2.08. The topological polar surface area (TPSA) is 69.8 Å². The molecule has 122 valence electrons. The maximum absolute atomic E-state index is 12.8. The molecule has 0 saturated heterocycles. The molecule has 6 heteroatoms. The average Bonchev–Trinajstić information content (AvgIpc) is 3.19. The molecule has 3 aromatic rings. The number of aromatic amines is 1. The standard InChI is InChI=1S/C18H17BrN4O/c1-2-16-22-15-7-12(19)6-14(17(15)23-16)18(24)21-13-4-3-10-8-20-9-11(10)5-13/h3-7,20H,2,8-9H2,1H3,(H,21,24)(H,22,23). The maximum Gasteiger partial charge on any atom is 0.257 e. The molecule has 0 aliphatic carbocycles. The fourth-order valence-electron chi connectivity index (χ4n) is 3.04. The molecule has 1 aromatic heterocycles. The molecule has 0 spiro atoms. The molecule has 0 radical (unpaired) electrons. The van der Waals surface area contributed by atoms with Gasteiger partial charge in [-0.05, 0) is 35.4 Å². The Bertz CT molecular complexity index is 948. The highest BCUT2D eigenvalue weighted by molar-refractivity contribution is 9.10. The van der Waals surface area contributed by atoms with E-state index in [1.807, 2.05) is 31.2 Å². The van der Waals surface area contributed by atoms with Gasteiger partial charge in [-0.1, -0.05) is 28.9 Å². The van der Waals surface area contributed by atoms with E-state index in [4.69, 9.17) is 0 Å². The zero-order valence-electron chi connectivity index (χ0n) is 13.2. The first-order valence-electron chi connectivity index (χ1n) is 7.96. The van der Waals surface area contributed by atoms with Gasteiger partial charge in [0.15, 0.2) is 0 Å². The van der Waals surface area contributed by atoms with Crippen LogP contribution in [0.1, 0.15) is 34.2 Å². The molecule has 0 bridgehead atoms. The molecule has 0 unspecified atom stereocenters. The largest absolute Gasteiger partial charge is 0.342 e. The van der Waals surface area contributed by atoms with Crippen molar-refractivity contribution in [3.05, 3.63) is 57.3 Å². The molecule has 1 aliphatic heterocycles. The van der Waals surface area contributed by atoms with E-state index in [1.165, 1.54) is 11.1 Å². The number of nitrogens with zero attached hydrogens (tertiary/aromatic N) is 1. The number of hydrogen-bond acceptors (Lipinski definition) is 3. The summed E-state index contributed by atoms with van der Waals surface area (Å²) in [4.78, 5) is 20.6. The Morgan fingerprint density at radius 1 is 1.25 bits per heavy atom. The number of carbonyl (C=O) groups excluding carboxylic acids is 1. The Balaban J connectivity index is 1.69. The molecule has 0 fully saturated rings. The van der Waals surface area contributed by atoms with Crippen LogP contribution in [0.25, 0.3) is 11.0 Å². The van der Waals surface area contributed by atoms with Gasteiger partial charge in [0.1, 0.15) is 11.3 Å². The molecule has 0 atom stereocenters. The number of anilines is 1. The molecule has 5 nitrogen and oxygen atoms in total. The second-order valence-corrected chi connectivity index (χ2v) is 6.84. The lowest BCUT2D eigenvalue weighted by molar-refractivity contribution is 0.102. The van der Waals surface area contributed by atoms with E-state index in [2.05, 4.69) is 42.6 Å². The molecule has 0 saturated carbocycles. The predicted octanol–water partition coefficient (Wildman–Crippen LogP) is 3.74. The summed E-state index contributed by atoms with van der Waals surface area (Å²) < 4.78 is 0.851. The van der Waals surface area contributed by atoms with Gasteiger partial charge in [0.2, 0.25) is 0 Å². The minimum absolute atomic E-state index is 0.152. The number of nitrogens with one attached hydrogen (secondary N) is 3. The molecule has 2 heterocycles. The van der Waals surface area contributed by atoms with Gasteiger partial charge in [-0.25, -0.2) is 4.98 Å². The van der Waals surface area contributed by atoms with E-state index in [1.54, 1.807) is 0 Å². The fourth-order valence-corrected chi connectivity index (χ4v) is 3.50. The van der Waals surface area contributed by atoms with Gasteiger partial charge in [-0.2, -0.15) is 0 Å². The number of H-pyrrole nitrogens is 1. The molecular formula is C18H17BrN4O. The highest BCUT2D eigenvalue weighted by Crippen LogP contribution is 2.25.